The molecule has 0 aromatic heterocycles. The van der Waals surface area contributed by atoms with Crippen LogP contribution in [0.1, 0.15) is 24.2 Å². The topological polar surface area (TPSA) is 66.8 Å². The van der Waals surface area contributed by atoms with Gasteiger partial charge in [-0.15, -0.1) is 0 Å². The van der Waals surface area contributed by atoms with Crippen LogP contribution in [0, 0.1) is 0 Å². The van der Waals surface area contributed by atoms with Crippen LogP contribution < -0.4 is 0 Å². The molecule has 5 heteroatoms. The molecule has 0 spiro atoms. The minimum atomic E-state index is -1.04. The van der Waals surface area contributed by atoms with Gasteiger partial charge in [0.05, 0.1) is 0 Å². The number of carboxylic acid groups (broad SMARTS) is 1. The number of likely N-dealkylation sites (N-methyl/N-ethyl adjacent to an activating group) is 1. The highest BCUT2D eigenvalue weighted by molar-refractivity contribution is 5.87. The number of carboxylic acids is 1. The molecule has 0 aliphatic heterocycles. The van der Waals surface area contributed by atoms with E-state index in [0.29, 0.717) is 12.2 Å². The van der Waals surface area contributed by atoms with Gasteiger partial charge >= 0.3 is 5.97 Å². The molecule has 0 heterocycles. The van der Waals surface area contributed by atoms with E-state index in [4.69, 9.17) is 4.74 Å². The van der Waals surface area contributed by atoms with Crippen LogP contribution in [0.2, 0.25) is 0 Å². The summed E-state index contributed by atoms with van der Waals surface area (Å²) in [5.74, 6) is -1.40. The zero-order chi connectivity index (χ0) is 18.2. The SMILES string of the molecule is CCOC(C(=O)N(C)C(Cc1ccccc1)C(=O)O)c1ccccc1. The van der Waals surface area contributed by atoms with Crippen LogP contribution in [-0.4, -0.2) is 41.6 Å². The lowest BCUT2D eigenvalue weighted by atomic mass is 10.0. The molecule has 2 rings (SSSR count). The summed E-state index contributed by atoms with van der Waals surface area (Å²) in [6, 6.07) is 17.4. The first-order valence-electron chi connectivity index (χ1n) is 8.24. The first-order valence-corrected chi connectivity index (χ1v) is 8.24. The van der Waals surface area contributed by atoms with Gasteiger partial charge in [0.15, 0.2) is 6.10 Å². The number of amides is 1. The maximum absolute atomic E-state index is 12.9. The van der Waals surface area contributed by atoms with Crippen molar-refractivity contribution < 1.29 is 19.4 Å². The quantitative estimate of drug-likeness (QED) is 0.802. The highest BCUT2D eigenvalue weighted by Gasteiger charge is 2.32. The highest BCUT2D eigenvalue weighted by atomic mass is 16.5. The Morgan fingerprint density at radius 1 is 1.04 bits per heavy atom. The lowest BCUT2D eigenvalue weighted by Gasteiger charge is -2.29. The molecule has 0 saturated carbocycles. The number of carbonyl (C=O) groups excluding carboxylic acids is 1. The van der Waals surface area contributed by atoms with Crippen molar-refractivity contribution in [2.24, 2.45) is 0 Å². The Morgan fingerprint density at radius 2 is 1.60 bits per heavy atom. The fourth-order valence-electron chi connectivity index (χ4n) is 2.67. The van der Waals surface area contributed by atoms with E-state index in [1.165, 1.54) is 11.9 Å². The van der Waals surface area contributed by atoms with Crippen molar-refractivity contribution in [3.63, 3.8) is 0 Å². The molecule has 2 atom stereocenters. The van der Waals surface area contributed by atoms with E-state index in [1.54, 1.807) is 12.1 Å². The van der Waals surface area contributed by atoms with E-state index in [0.717, 1.165) is 5.56 Å². The molecule has 0 saturated heterocycles. The van der Waals surface area contributed by atoms with E-state index in [9.17, 15) is 14.7 Å². The number of aliphatic carboxylic acids is 1. The largest absolute Gasteiger partial charge is 0.480 e. The van der Waals surface area contributed by atoms with E-state index in [1.807, 2.05) is 55.5 Å². The molecular formula is C20H23NO4. The molecule has 132 valence electrons. The monoisotopic (exact) mass is 341 g/mol. The van der Waals surface area contributed by atoms with Crippen molar-refractivity contribution in [2.75, 3.05) is 13.7 Å². The molecule has 0 radical (unpaired) electrons. The number of rotatable bonds is 8. The first-order chi connectivity index (χ1) is 12.0. The number of hydrogen-bond donors (Lipinski definition) is 1. The molecule has 0 bridgehead atoms. The van der Waals surface area contributed by atoms with Gasteiger partial charge in [0.1, 0.15) is 6.04 Å². The maximum atomic E-state index is 12.9. The predicted octanol–water partition coefficient (Wildman–Crippen LogP) is 2.92. The first kappa shape index (κ1) is 18.7. The van der Waals surface area contributed by atoms with Gasteiger partial charge in [-0.3, -0.25) is 4.79 Å². The molecule has 0 fully saturated rings. The molecule has 0 aliphatic rings. The Labute approximate surface area is 147 Å². The van der Waals surface area contributed by atoms with Gasteiger partial charge in [0, 0.05) is 20.1 Å². The normalized spacial score (nSPS) is 13.0. The van der Waals surface area contributed by atoms with E-state index < -0.39 is 18.1 Å². The third-order valence-electron chi connectivity index (χ3n) is 4.03. The molecule has 1 N–H and O–H groups in total. The van der Waals surface area contributed by atoms with E-state index in [2.05, 4.69) is 0 Å². The summed E-state index contributed by atoms with van der Waals surface area (Å²) in [5, 5.41) is 9.60. The summed E-state index contributed by atoms with van der Waals surface area (Å²) in [6.07, 6.45) is -0.569. The molecule has 2 aromatic rings. The smallest absolute Gasteiger partial charge is 0.326 e. The molecule has 0 aliphatic carbocycles. The average molecular weight is 341 g/mol. The van der Waals surface area contributed by atoms with Gasteiger partial charge in [-0.1, -0.05) is 60.7 Å². The fourth-order valence-corrected chi connectivity index (χ4v) is 2.67. The Balaban J connectivity index is 2.22. The summed E-state index contributed by atoms with van der Waals surface area (Å²) >= 11 is 0. The van der Waals surface area contributed by atoms with Crippen molar-refractivity contribution in [3.05, 3.63) is 71.8 Å². The summed E-state index contributed by atoms with van der Waals surface area (Å²) < 4.78 is 5.61. The zero-order valence-electron chi connectivity index (χ0n) is 14.5. The Kier molecular flexibility index (Phi) is 6.71. The summed E-state index contributed by atoms with van der Waals surface area (Å²) in [6.45, 7) is 2.16. The Hall–Kier alpha value is -2.66. The predicted molar refractivity (Wildman–Crippen MR) is 95.1 cm³/mol. The van der Waals surface area contributed by atoms with Gasteiger partial charge in [0.2, 0.25) is 0 Å². The fraction of sp³-hybridized carbons (Fsp3) is 0.300. The third kappa shape index (κ3) is 4.90. The molecular weight excluding hydrogens is 318 g/mol. The van der Waals surface area contributed by atoms with Crippen molar-refractivity contribution >= 4 is 11.9 Å². The Bertz CT molecular complexity index is 687. The van der Waals surface area contributed by atoms with Crippen LogP contribution in [-0.2, 0) is 20.7 Å². The molecule has 5 nitrogen and oxygen atoms in total. The average Bonchev–Trinajstić information content (AvgIpc) is 2.64. The zero-order valence-corrected chi connectivity index (χ0v) is 14.5. The van der Waals surface area contributed by atoms with Gasteiger partial charge in [-0.25, -0.2) is 4.79 Å². The summed E-state index contributed by atoms with van der Waals surface area (Å²) in [5.41, 5.74) is 1.58. The molecule has 2 unspecified atom stereocenters. The van der Waals surface area contributed by atoms with E-state index >= 15 is 0 Å². The van der Waals surface area contributed by atoms with Crippen molar-refractivity contribution in [2.45, 2.75) is 25.5 Å². The lowest BCUT2D eigenvalue weighted by Crippen LogP contribution is -2.46. The highest BCUT2D eigenvalue weighted by Crippen LogP contribution is 2.21. The molecule has 2 aromatic carbocycles. The van der Waals surface area contributed by atoms with Crippen molar-refractivity contribution in [3.8, 4) is 0 Å². The van der Waals surface area contributed by atoms with Gasteiger partial charge < -0.3 is 14.7 Å². The lowest BCUT2D eigenvalue weighted by molar-refractivity contribution is -0.154. The number of carbonyl (C=O) groups is 2. The standard InChI is InChI=1S/C20H23NO4/c1-3-25-18(16-12-8-5-9-13-16)19(22)21(2)17(20(23)24)14-15-10-6-4-7-11-15/h4-13,17-18H,3,14H2,1-2H3,(H,23,24). The minimum absolute atomic E-state index is 0.242. The van der Waals surface area contributed by atoms with Crippen LogP contribution >= 0.6 is 0 Å². The second-order valence-corrected chi connectivity index (χ2v) is 5.74. The second-order valence-electron chi connectivity index (χ2n) is 5.74. The van der Waals surface area contributed by atoms with E-state index in [-0.39, 0.29) is 12.3 Å². The number of ether oxygens (including phenoxy) is 1. The van der Waals surface area contributed by atoms with Gasteiger partial charge in [-0.2, -0.15) is 0 Å². The number of nitrogens with zero attached hydrogens (tertiary/aromatic N) is 1. The van der Waals surface area contributed by atoms with Gasteiger partial charge in [-0.05, 0) is 18.1 Å². The Morgan fingerprint density at radius 3 is 2.12 bits per heavy atom. The maximum Gasteiger partial charge on any atom is 0.326 e. The van der Waals surface area contributed by atoms with Crippen LogP contribution in [0.5, 0.6) is 0 Å². The number of hydrogen-bond acceptors (Lipinski definition) is 3. The van der Waals surface area contributed by atoms with Crippen LogP contribution in [0.25, 0.3) is 0 Å². The number of benzene rings is 2. The van der Waals surface area contributed by atoms with Crippen molar-refractivity contribution in [1.82, 2.24) is 4.90 Å². The van der Waals surface area contributed by atoms with Crippen LogP contribution in [0.4, 0.5) is 0 Å². The molecule has 1 amide bonds. The van der Waals surface area contributed by atoms with Gasteiger partial charge in [0.25, 0.3) is 5.91 Å². The summed E-state index contributed by atoms with van der Waals surface area (Å²) in [7, 11) is 1.51. The third-order valence-corrected chi connectivity index (χ3v) is 4.03. The van der Waals surface area contributed by atoms with Crippen LogP contribution in [0.15, 0.2) is 60.7 Å². The molecule has 25 heavy (non-hydrogen) atoms. The summed E-state index contributed by atoms with van der Waals surface area (Å²) in [4.78, 5) is 25.9. The van der Waals surface area contributed by atoms with Crippen molar-refractivity contribution in [1.29, 1.82) is 0 Å². The van der Waals surface area contributed by atoms with Crippen LogP contribution in [0.3, 0.4) is 0 Å². The second kappa shape index (κ2) is 8.99. The minimum Gasteiger partial charge on any atom is -0.480 e.